The maximum atomic E-state index is 14.5. The summed E-state index contributed by atoms with van der Waals surface area (Å²) in [7, 11) is 4.12. The second-order valence-electron chi connectivity index (χ2n) is 18.0. The summed E-state index contributed by atoms with van der Waals surface area (Å²) >= 11 is 0. The molecule has 4 aliphatic rings. The molecule has 18 nitrogen and oxygen atoms in total. The number of H-pyrrole nitrogens is 1. The van der Waals surface area contributed by atoms with Gasteiger partial charge in [-0.05, 0) is 84.9 Å². The van der Waals surface area contributed by atoms with Gasteiger partial charge in [0.05, 0.1) is 55.8 Å². The van der Waals surface area contributed by atoms with E-state index < -0.39 is 30.2 Å². The van der Waals surface area contributed by atoms with Crippen LogP contribution < -0.4 is 21.7 Å². The van der Waals surface area contributed by atoms with Gasteiger partial charge in [0.25, 0.3) is 5.91 Å². The molecule has 1 aliphatic carbocycles. The third-order valence-electron chi connectivity index (χ3n) is 13.5. The molecule has 5 atom stereocenters. The molecule has 3 aromatic carbocycles. The van der Waals surface area contributed by atoms with Crippen LogP contribution in [-0.2, 0) is 30.4 Å². The van der Waals surface area contributed by atoms with E-state index in [-0.39, 0.29) is 35.5 Å². The molecule has 0 bridgehead atoms. The number of carbonyl (C=O) groups is 4. The molecule has 0 saturated carbocycles. The van der Waals surface area contributed by atoms with Crippen molar-refractivity contribution in [3.05, 3.63) is 101 Å². The standard InChI is InChI=1S/C49H56N10O8/c1-26(2)41(55-48(62)65-5)46(60)57-27(3)12-17-37(57)44-53-36-16-14-30-20-35-33-15-13-31(19-32(33)25-67-40(35)21-34(30)42(36)54-44)39-22-52-45(58(39)50)38-18-28(24-64-4)23-56(38)47(61)43(59(51)49(63)66-6)29-10-8-7-9-11-29/h7-10,13-16,19-22,26-28,37-38,41H,11-12,17-18,23-25,50-51H2,1-6H3,(H,53,54)(H,55,62). The highest BCUT2D eigenvalue weighted by molar-refractivity contribution is 6.07. The molecule has 18 heteroatoms. The smallest absolute Gasteiger partial charge is 0.428 e. The minimum Gasteiger partial charge on any atom is -0.488 e. The first-order valence-corrected chi connectivity index (χ1v) is 22.5. The summed E-state index contributed by atoms with van der Waals surface area (Å²) in [6.07, 6.45) is 9.95. The Morgan fingerprint density at radius 3 is 2.57 bits per heavy atom. The van der Waals surface area contributed by atoms with Gasteiger partial charge in [-0.2, -0.15) is 0 Å². The van der Waals surface area contributed by atoms with Crippen molar-refractivity contribution >= 4 is 45.8 Å². The fraction of sp³-hybridized carbons (Fsp3) is 0.388. The van der Waals surface area contributed by atoms with E-state index in [2.05, 4.69) is 34.6 Å². The molecule has 2 saturated heterocycles. The van der Waals surface area contributed by atoms with Crippen molar-refractivity contribution in [2.24, 2.45) is 17.7 Å². The number of ether oxygens (including phenoxy) is 4. The van der Waals surface area contributed by atoms with E-state index in [0.29, 0.717) is 55.5 Å². The minimum absolute atomic E-state index is 0.0122. The van der Waals surface area contributed by atoms with Gasteiger partial charge in [-0.1, -0.05) is 56.4 Å². The second-order valence-corrected chi connectivity index (χ2v) is 18.0. The predicted molar refractivity (Wildman–Crippen MR) is 250 cm³/mol. The number of allylic oxidation sites excluding steroid dienone is 5. The van der Waals surface area contributed by atoms with E-state index in [0.717, 1.165) is 67.7 Å². The second kappa shape index (κ2) is 18.2. The Balaban J connectivity index is 0.998. The van der Waals surface area contributed by atoms with Crippen LogP contribution in [0.5, 0.6) is 5.75 Å². The zero-order chi connectivity index (χ0) is 47.3. The molecular formula is C49H56N10O8. The lowest BCUT2D eigenvalue weighted by atomic mass is 9.92. The minimum atomic E-state index is -0.868. The van der Waals surface area contributed by atoms with E-state index in [1.54, 1.807) is 30.4 Å². The van der Waals surface area contributed by atoms with Crippen molar-refractivity contribution in [3.63, 3.8) is 0 Å². The summed E-state index contributed by atoms with van der Waals surface area (Å²) in [6, 6.07) is 12.7. The average Bonchev–Trinajstić information content (AvgIpc) is 4.14. The number of imidazole rings is 2. The van der Waals surface area contributed by atoms with E-state index in [9.17, 15) is 19.2 Å². The first-order chi connectivity index (χ1) is 32.3. The molecule has 67 heavy (non-hydrogen) atoms. The van der Waals surface area contributed by atoms with Gasteiger partial charge in [0, 0.05) is 42.1 Å². The summed E-state index contributed by atoms with van der Waals surface area (Å²) in [5, 5.41) is 5.39. The topological polar surface area (TPSA) is 225 Å². The highest BCUT2D eigenvalue weighted by Crippen LogP contribution is 2.44. The molecule has 6 N–H and O–H groups in total. The van der Waals surface area contributed by atoms with Crippen molar-refractivity contribution in [2.75, 3.05) is 40.3 Å². The third kappa shape index (κ3) is 8.13. The number of nitrogens with zero attached hydrogens (tertiary/aromatic N) is 6. The highest BCUT2D eigenvalue weighted by Gasteiger charge is 2.43. The SMILES string of the molecule is COCC1CC(c2ncc(-c3ccc4c(c3)COc3cc5c(ccc6[nH]c(C7CCC(C)N7C(=O)C(NC(=O)OC)C(C)C)nc65)cc3-4)n2N)N(C(=O)C(=C2C=CC=CC2)N(N)C(=O)OC)C1. The van der Waals surface area contributed by atoms with Gasteiger partial charge in [-0.25, -0.2) is 35.1 Å². The van der Waals surface area contributed by atoms with E-state index >= 15 is 0 Å². The van der Waals surface area contributed by atoms with Crippen LogP contribution in [0.15, 0.2) is 84.2 Å². The lowest BCUT2D eigenvalue weighted by Crippen LogP contribution is -2.52. The largest absolute Gasteiger partial charge is 0.488 e. The van der Waals surface area contributed by atoms with E-state index in [1.807, 2.05) is 56.0 Å². The maximum Gasteiger partial charge on any atom is 0.428 e. The number of hydrazine groups is 1. The number of amides is 4. The van der Waals surface area contributed by atoms with Crippen LogP contribution >= 0.6 is 0 Å². The average molecular weight is 913 g/mol. The Morgan fingerprint density at radius 1 is 1.01 bits per heavy atom. The van der Waals surface area contributed by atoms with E-state index in [4.69, 9.17) is 40.6 Å². The van der Waals surface area contributed by atoms with Crippen molar-refractivity contribution in [2.45, 2.75) is 77.2 Å². The first kappa shape index (κ1) is 45.0. The molecule has 5 aromatic rings. The number of hydrogen-bond acceptors (Lipinski definition) is 12. The highest BCUT2D eigenvalue weighted by atomic mass is 16.5. The molecule has 350 valence electrons. The monoisotopic (exact) mass is 912 g/mol. The van der Waals surface area contributed by atoms with Crippen molar-refractivity contribution < 1.29 is 38.1 Å². The third-order valence-corrected chi connectivity index (χ3v) is 13.5. The Kier molecular flexibility index (Phi) is 12.3. The van der Waals surface area contributed by atoms with E-state index in [1.165, 1.54) is 18.9 Å². The number of aromatic nitrogens is 4. The van der Waals surface area contributed by atoms with Crippen LogP contribution in [0.3, 0.4) is 0 Å². The number of carbonyl (C=O) groups excluding carboxylic acids is 4. The summed E-state index contributed by atoms with van der Waals surface area (Å²) in [6.45, 7) is 6.87. The number of alkyl carbamates (subject to hydrolysis) is 1. The summed E-state index contributed by atoms with van der Waals surface area (Å²) in [4.78, 5) is 70.4. The quantitative estimate of drug-likeness (QED) is 0.0508. The number of likely N-dealkylation sites (tertiary alicyclic amines) is 2. The Labute approximate surface area is 387 Å². The van der Waals surface area contributed by atoms with Gasteiger partial charge in [0.2, 0.25) is 5.91 Å². The number of fused-ring (bicyclic) bond motifs is 6. The predicted octanol–water partition coefficient (Wildman–Crippen LogP) is 6.53. The van der Waals surface area contributed by atoms with Crippen molar-refractivity contribution in [1.82, 2.24) is 39.8 Å². The molecule has 3 aliphatic heterocycles. The van der Waals surface area contributed by atoms with Gasteiger partial charge in [0.15, 0.2) is 0 Å². The zero-order valence-electron chi connectivity index (χ0n) is 38.4. The number of nitrogen functional groups attached to an aromatic ring is 1. The summed E-state index contributed by atoms with van der Waals surface area (Å²) in [5.74, 6) is 14.2. The fourth-order valence-corrected chi connectivity index (χ4v) is 10.1. The molecule has 4 amide bonds. The molecule has 0 radical (unpaired) electrons. The summed E-state index contributed by atoms with van der Waals surface area (Å²) < 4.78 is 23.2. The number of rotatable bonds is 10. The molecule has 5 unspecified atom stereocenters. The van der Waals surface area contributed by atoms with Crippen LogP contribution in [0.4, 0.5) is 9.59 Å². The maximum absolute atomic E-state index is 14.5. The normalized spacial score (nSPS) is 21.0. The van der Waals surface area contributed by atoms with Crippen LogP contribution in [-0.4, -0.2) is 105 Å². The number of benzene rings is 3. The molecule has 2 fully saturated rings. The van der Waals surface area contributed by atoms with Crippen LogP contribution in [0.1, 0.15) is 75.8 Å². The molecular weight excluding hydrogens is 857 g/mol. The molecule has 9 rings (SSSR count). The Hall–Kier alpha value is -7.18. The van der Waals surface area contributed by atoms with Gasteiger partial charge >= 0.3 is 12.2 Å². The number of aromatic amines is 1. The summed E-state index contributed by atoms with van der Waals surface area (Å²) in [5.41, 5.74) is 6.60. The Bertz CT molecular complexity index is 2880. The number of methoxy groups -OCH3 is 3. The lowest BCUT2D eigenvalue weighted by molar-refractivity contribution is -0.137. The van der Waals surface area contributed by atoms with Gasteiger partial charge < -0.3 is 44.9 Å². The number of nitrogens with two attached hydrogens (primary N) is 2. The van der Waals surface area contributed by atoms with Crippen molar-refractivity contribution in [1.29, 1.82) is 0 Å². The van der Waals surface area contributed by atoms with Crippen LogP contribution in [0.2, 0.25) is 0 Å². The molecule has 2 aromatic heterocycles. The fourth-order valence-electron chi connectivity index (χ4n) is 10.1. The van der Waals surface area contributed by atoms with Crippen LogP contribution in [0, 0.1) is 11.8 Å². The number of nitrogens with one attached hydrogen (secondary N) is 2. The molecule has 5 heterocycles. The first-order valence-electron chi connectivity index (χ1n) is 22.5. The van der Waals surface area contributed by atoms with Crippen molar-refractivity contribution in [3.8, 4) is 28.1 Å². The Morgan fingerprint density at radius 2 is 1.84 bits per heavy atom. The van der Waals surface area contributed by atoms with Gasteiger partial charge in [-0.3, -0.25) is 9.59 Å². The van der Waals surface area contributed by atoms with Gasteiger partial charge in [-0.15, -0.1) is 0 Å². The lowest BCUT2D eigenvalue weighted by Gasteiger charge is -2.32. The zero-order valence-corrected chi connectivity index (χ0v) is 38.4. The number of hydrogen-bond donors (Lipinski definition) is 4. The van der Waals surface area contributed by atoms with Crippen LogP contribution in [0.25, 0.3) is 44.2 Å². The molecule has 0 spiro atoms. The van der Waals surface area contributed by atoms with Gasteiger partial charge in [0.1, 0.15) is 35.7 Å².